The summed E-state index contributed by atoms with van der Waals surface area (Å²) in [7, 11) is 0. The van der Waals surface area contributed by atoms with Crippen LogP contribution >= 0.6 is 11.8 Å². The summed E-state index contributed by atoms with van der Waals surface area (Å²) in [6, 6.07) is 5.61. The smallest absolute Gasteiger partial charge is 0.183 e. The molecule has 0 spiro atoms. The predicted octanol–water partition coefficient (Wildman–Crippen LogP) is 2.67. The van der Waals surface area contributed by atoms with E-state index in [0.717, 1.165) is 28.1 Å². The van der Waals surface area contributed by atoms with Gasteiger partial charge in [0.1, 0.15) is 0 Å². The molecular formula is C13H13N5S. The van der Waals surface area contributed by atoms with Gasteiger partial charge >= 0.3 is 0 Å². The van der Waals surface area contributed by atoms with Crippen LogP contribution in [0.5, 0.6) is 0 Å². The summed E-state index contributed by atoms with van der Waals surface area (Å²) in [5, 5.41) is 11.7. The highest BCUT2D eigenvalue weighted by Crippen LogP contribution is 2.20. The Morgan fingerprint density at radius 2 is 1.95 bits per heavy atom. The van der Waals surface area contributed by atoms with E-state index in [1.54, 1.807) is 0 Å². The molecule has 0 aliphatic rings. The van der Waals surface area contributed by atoms with Gasteiger partial charge in [-0.05, 0) is 38.3 Å². The van der Waals surface area contributed by atoms with Gasteiger partial charge in [-0.2, -0.15) is 5.26 Å². The van der Waals surface area contributed by atoms with Gasteiger partial charge in [0.2, 0.25) is 0 Å². The minimum absolute atomic E-state index is 0.554. The van der Waals surface area contributed by atoms with Crippen LogP contribution in [0.4, 0.5) is 5.69 Å². The number of rotatable bonds is 1. The molecule has 0 bridgehead atoms. The lowest BCUT2D eigenvalue weighted by molar-refractivity contribution is 1.10. The highest BCUT2D eigenvalue weighted by molar-refractivity contribution is 8.13. The lowest BCUT2D eigenvalue weighted by atomic mass is 10.2. The number of amidine groups is 1. The fourth-order valence-electron chi connectivity index (χ4n) is 1.58. The summed E-state index contributed by atoms with van der Waals surface area (Å²) in [5.74, 6) is 0. The zero-order valence-corrected chi connectivity index (χ0v) is 11.7. The van der Waals surface area contributed by atoms with Crippen LogP contribution in [0, 0.1) is 25.3 Å². The Balaban J connectivity index is 2.47. The van der Waals surface area contributed by atoms with Crippen LogP contribution in [0.15, 0.2) is 23.2 Å². The van der Waals surface area contributed by atoms with Crippen molar-refractivity contribution in [3.05, 3.63) is 29.6 Å². The fraction of sp³-hybridized carbons (Fsp3) is 0.231. The first-order chi connectivity index (χ1) is 9.13. The van der Waals surface area contributed by atoms with E-state index in [9.17, 15) is 0 Å². The number of thioether (sulfide) groups is 1. The number of aryl methyl sites for hydroxylation is 2. The summed E-state index contributed by atoms with van der Waals surface area (Å²) in [6.45, 7) is 3.87. The molecule has 1 heterocycles. The minimum Gasteiger partial charge on any atom is -0.271 e. The van der Waals surface area contributed by atoms with Crippen molar-refractivity contribution in [3.63, 3.8) is 0 Å². The van der Waals surface area contributed by atoms with Crippen LogP contribution in [-0.2, 0) is 0 Å². The second kappa shape index (κ2) is 5.67. The summed E-state index contributed by atoms with van der Waals surface area (Å²) >= 11 is 1.38. The first kappa shape index (κ1) is 13.3. The number of benzene rings is 1. The normalized spacial score (nSPS) is 11.4. The van der Waals surface area contributed by atoms with Crippen LogP contribution in [0.1, 0.15) is 11.4 Å². The van der Waals surface area contributed by atoms with E-state index in [1.165, 1.54) is 11.8 Å². The predicted molar refractivity (Wildman–Crippen MR) is 78.4 cm³/mol. The third-order valence-corrected chi connectivity index (χ3v) is 3.23. The molecule has 1 aromatic heterocycles. The van der Waals surface area contributed by atoms with E-state index in [2.05, 4.69) is 20.3 Å². The maximum Gasteiger partial charge on any atom is 0.183 e. The molecule has 2 rings (SSSR count). The van der Waals surface area contributed by atoms with Crippen LogP contribution in [-0.4, -0.2) is 21.4 Å². The van der Waals surface area contributed by atoms with E-state index in [1.807, 2.05) is 44.5 Å². The number of nitrogens with zero attached hydrogens (tertiary/aromatic N) is 4. The van der Waals surface area contributed by atoms with Gasteiger partial charge in [0, 0.05) is 0 Å². The standard InChI is InChI=1S/C13H13N5S/c1-8-9(2)17-12-6-10(4-5-11(12)16-8)18-13(19-3)15-7-14/h4-6H,1-3H3,(H,15,18). The van der Waals surface area contributed by atoms with Crippen molar-refractivity contribution in [2.75, 3.05) is 6.26 Å². The van der Waals surface area contributed by atoms with Gasteiger partial charge in [0.15, 0.2) is 11.4 Å². The number of hydrogen-bond donors (Lipinski definition) is 1. The first-order valence-corrected chi connectivity index (χ1v) is 6.89. The highest BCUT2D eigenvalue weighted by Gasteiger charge is 2.03. The molecule has 0 aliphatic heterocycles. The number of nitriles is 1. The Morgan fingerprint density at radius 3 is 2.58 bits per heavy atom. The molecule has 96 valence electrons. The Bertz CT molecular complexity index is 687. The van der Waals surface area contributed by atoms with Crippen molar-refractivity contribution in [3.8, 4) is 6.19 Å². The maximum absolute atomic E-state index is 8.61. The molecule has 6 heteroatoms. The summed E-state index contributed by atoms with van der Waals surface area (Å²) in [6.07, 6.45) is 3.72. The number of hydrogen-bond acceptors (Lipinski definition) is 5. The zero-order valence-electron chi connectivity index (χ0n) is 10.9. The van der Waals surface area contributed by atoms with Crippen LogP contribution in [0.3, 0.4) is 0 Å². The quantitative estimate of drug-likeness (QED) is 0.373. The lowest BCUT2D eigenvalue weighted by Gasteiger charge is -2.04. The summed E-state index contributed by atoms with van der Waals surface area (Å²) in [5.41, 5.74) is 4.24. The average Bonchev–Trinajstić information content (AvgIpc) is 2.40. The molecule has 5 nitrogen and oxygen atoms in total. The van der Waals surface area contributed by atoms with E-state index >= 15 is 0 Å². The molecular weight excluding hydrogens is 258 g/mol. The van der Waals surface area contributed by atoms with Gasteiger partial charge in [-0.3, -0.25) is 5.32 Å². The van der Waals surface area contributed by atoms with Crippen LogP contribution in [0.25, 0.3) is 11.0 Å². The number of nitrogens with one attached hydrogen (secondary N) is 1. The van der Waals surface area contributed by atoms with Crippen LogP contribution < -0.4 is 5.32 Å². The van der Waals surface area contributed by atoms with E-state index < -0.39 is 0 Å². The van der Waals surface area contributed by atoms with Gasteiger partial charge < -0.3 is 0 Å². The number of aromatic nitrogens is 2. The number of aliphatic imine (C=N–C) groups is 1. The lowest BCUT2D eigenvalue weighted by Crippen LogP contribution is -2.12. The average molecular weight is 271 g/mol. The molecule has 0 saturated carbocycles. The Kier molecular flexibility index (Phi) is 3.97. The van der Waals surface area contributed by atoms with Gasteiger partial charge in [-0.1, -0.05) is 11.8 Å². The second-order valence-electron chi connectivity index (χ2n) is 3.93. The van der Waals surface area contributed by atoms with Crippen molar-refractivity contribution < 1.29 is 0 Å². The van der Waals surface area contributed by atoms with Crippen molar-refractivity contribution in [2.24, 2.45) is 4.99 Å². The molecule has 1 N–H and O–H groups in total. The summed E-state index contributed by atoms with van der Waals surface area (Å²) < 4.78 is 0. The van der Waals surface area contributed by atoms with Crippen LogP contribution in [0.2, 0.25) is 0 Å². The maximum atomic E-state index is 8.61. The van der Waals surface area contributed by atoms with Gasteiger partial charge in [0.05, 0.1) is 28.1 Å². The fourth-order valence-corrected chi connectivity index (χ4v) is 1.92. The van der Waals surface area contributed by atoms with E-state index in [0.29, 0.717) is 5.17 Å². The monoisotopic (exact) mass is 271 g/mol. The summed E-state index contributed by atoms with van der Waals surface area (Å²) in [4.78, 5) is 13.3. The highest BCUT2D eigenvalue weighted by atomic mass is 32.2. The molecule has 0 radical (unpaired) electrons. The van der Waals surface area contributed by atoms with E-state index in [4.69, 9.17) is 5.26 Å². The molecule has 19 heavy (non-hydrogen) atoms. The van der Waals surface area contributed by atoms with Crippen molar-refractivity contribution in [2.45, 2.75) is 13.8 Å². The molecule has 1 aromatic carbocycles. The number of fused-ring (bicyclic) bond motifs is 1. The van der Waals surface area contributed by atoms with Crippen molar-refractivity contribution >= 4 is 33.7 Å². The Morgan fingerprint density at radius 1 is 1.26 bits per heavy atom. The van der Waals surface area contributed by atoms with Gasteiger partial charge in [0.25, 0.3) is 0 Å². The third-order valence-electron chi connectivity index (χ3n) is 2.65. The molecule has 0 atom stereocenters. The molecule has 0 amide bonds. The SMILES string of the molecule is CSC(=Nc1ccc2nc(C)c(C)nc2c1)NC#N. The molecule has 0 aliphatic carbocycles. The largest absolute Gasteiger partial charge is 0.271 e. The molecule has 2 aromatic rings. The topological polar surface area (TPSA) is 74.0 Å². The molecule has 0 fully saturated rings. The molecule has 0 saturated heterocycles. The first-order valence-electron chi connectivity index (χ1n) is 5.67. The van der Waals surface area contributed by atoms with Crippen molar-refractivity contribution in [1.82, 2.24) is 15.3 Å². The second-order valence-corrected chi connectivity index (χ2v) is 4.72. The van der Waals surface area contributed by atoms with Crippen molar-refractivity contribution in [1.29, 1.82) is 5.26 Å². The third kappa shape index (κ3) is 3.01. The Hall–Kier alpha value is -2.13. The van der Waals surface area contributed by atoms with Gasteiger partial charge in [-0.25, -0.2) is 15.0 Å². The van der Waals surface area contributed by atoms with Gasteiger partial charge in [-0.15, -0.1) is 0 Å². The minimum atomic E-state index is 0.554. The van der Waals surface area contributed by atoms with E-state index in [-0.39, 0.29) is 0 Å². The Labute approximate surface area is 115 Å². The zero-order chi connectivity index (χ0) is 13.8. The molecule has 0 unspecified atom stereocenters.